The molecule has 21 heavy (non-hydrogen) atoms. The van der Waals surface area contributed by atoms with E-state index in [0.29, 0.717) is 6.04 Å². The highest BCUT2D eigenvalue weighted by Gasteiger charge is 2.06. The lowest BCUT2D eigenvalue weighted by molar-refractivity contribution is 0.298. The Morgan fingerprint density at radius 1 is 1.14 bits per heavy atom. The minimum Gasteiger partial charge on any atom is -0.468 e. The number of hydrogen-bond acceptors (Lipinski definition) is 3. The number of nitrogens with zero attached hydrogens (tertiary/aromatic N) is 1. The maximum absolute atomic E-state index is 5.64. The van der Waals surface area contributed by atoms with Crippen LogP contribution < -0.4 is 5.32 Å². The summed E-state index contributed by atoms with van der Waals surface area (Å²) >= 11 is 0. The molecule has 1 aromatic carbocycles. The summed E-state index contributed by atoms with van der Waals surface area (Å²) in [5, 5.41) is 3.40. The van der Waals surface area contributed by atoms with Crippen LogP contribution in [0, 0.1) is 0 Å². The van der Waals surface area contributed by atoms with Crippen LogP contribution in [0.4, 0.5) is 0 Å². The van der Waals surface area contributed by atoms with E-state index in [1.54, 1.807) is 0 Å². The van der Waals surface area contributed by atoms with E-state index in [9.17, 15) is 0 Å². The molecule has 3 heteroatoms. The molecule has 0 aliphatic rings. The molecule has 0 bridgehead atoms. The van der Waals surface area contributed by atoms with Gasteiger partial charge in [-0.3, -0.25) is 4.90 Å². The van der Waals surface area contributed by atoms with Crippen molar-refractivity contribution in [3.63, 3.8) is 0 Å². The van der Waals surface area contributed by atoms with E-state index in [0.717, 1.165) is 31.8 Å². The number of rotatable bonds is 8. The number of hydrogen-bond donors (Lipinski definition) is 1. The normalized spacial score (nSPS) is 11.5. The van der Waals surface area contributed by atoms with Gasteiger partial charge in [0.25, 0.3) is 0 Å². The fourth-order valence-electron chi connectivity index (χ4n) is 2.23. The second-order valence-electron chi connectivity index (χ2n) is 5.93. The molecule has 0 saturated carbocycles. The Labute approximate surface area is 128 Å². The van der Waals surface area contributed by atoms with Gasteiger partial charge in [-0.25, -0.2) is 0 Å². The van der Waals surface area contributed by atoms with Crippen LogP contribution in [0.3, 0.4) is 0 Å². The molecule has 0 amide bonds. The van der Waals surface area contributed by atoms with E-state index in [1.165, 1.54) is 11.1 Å². The molecular weight excluding hydrogens is 260 g/mol. The smallest absolute Gasteiger partial charge is 0.118 e. The summed E-state index contributed by atoms with van der Waals surface area (Å²) in [4.78, 5) is 2.30. The predicted octanol–water partition coefficient (Wildman–Crippen LogP) is 3.45. The lowest BCUT2D eigenvalue weighted by atomic mass is 10.1. The maximum Gasteiger partial charge on any atom is 0.118 e. The number of likely N-dealkylation sites (N-methyl/N-ethyl adjacent to an activating group) is 1. The summed E-state index contributed by atoms with van der Waals surface area (Å²) in [6, 6.07) is 13.2. The minimum atomic E-state index is 0.497. The van der Waals surface area contributed by atoms with Crippen LogP contribution in [0.1, 0.15) is 30.7 Å². The Hall–Kier alpha value is -1.58. The Morgan fingerprint density at radius 2 is 1.90 bits per heavy atom. The van der Waals surface area contributed by atoms with Gasteiger partial charge in [-0.15, -0.1) is 0 Å². The Balaban J connectivity index is 1.76. The van der Waals surface area contributed by atoms with E-state index in [-0.39, 0.29) is 0 Å². The number of nitrogens with one attached hydrogen (secondary N) is 1. The van der Waals surface area contributed by atoms with Gasteiger partial charge >= 0.3 is 0 Å². The molecule has 3 nitrogen and oxygen atoms in total. The second-order valence-corrected chi connectivity index (χ2v) is 5.93. The molecule has 0 fully saturated rings. The number of benzene rings is 1. The molecule has 0 radical (unpaired) electrons. The fourth-order valence-corrected chi connectivity index (χ4v) is 2.23. The van der Waals surface area contributed by atoms with Crippen molar-refractivity contribution in [2.45, 2.75) is 39.4 Å². The first-order chi connectivity index (χ1) is 10.1. The second kappa shape index (κ2) is 8.01. The van der Waals surface area contributed by atoms with Crippen molar-refractivity contribution in [2.24, 2.45) is 0 Å². The molecular formula is C18H26N2O. The quantitative estimate of drug-likeness (QED) is 0.805. The van der Waals surface area contributed by atoms with Gasteiger partial charge in [0.05, 0.1) is 12.8 Å². The zero-order chi connectivity index (χ0) is 15.1. The van der Waals surface area contributed by atoms with Gasteiger partial charge in [-0.2, -0.15) is 0 Å². The van der Waals surface area contributed by atoms with Gasteiger partial charge in [0.15, 0.2) is 0 Å². The summed E-state index contributed by atoms with van der Waals surface area (Å²) in [5.74, 6) is 1.03. The maximum atomic E-state index is 5.64. The minimum absolute atomic E-state index is 0.497. The molecule has 1 N–H and O–H groups in total. The fraction of sp³-hybridized carbons (Fsp3) is 0.444. The molecule has 0 unspecified atom stereocenters. The van der Waals surface area contributed by atoms with Gasteiger partial charge in [-0.05, 0) is 25.1 Å². The van der Waals surface area contributed by atoms with Crippen molar-refractivity contribution in [2.75, 3.05) is 13.6 Å². The zero-order valence-electron chi connectivity index (χ0n) is 13.3. The molecule has 114 valence electrons. The van der Waals surface area contributed by atoms with Gasteiger partial charge in [0.2, 0.25) is 0 Å². The molecule has 0 saturated heterocycles. The van der Waals surface area contributed by atoms with Gasteiger partial charge in [0, 0.05) is 24.7 Å². The zero-order valence-corrected chi connectivity index (χ0v) is 13.3. The van der Waals surface area contributed by atoms with Crippen molar-refractivity contribution in [3.05, 3.63) is 59.5 Å². The van der Waals surface area contributed by atoms with E-state index in [4.69, 9.17) is 4.42 Å². The van der Waals surface area contributed by atoms with Gasteiger partial charge in [-0.1, -0.05) is 44.2 Å². The van der Waals surface area contributed by atoms with Gasteiger partial charge < -0.3 is 9.73 Å². The third-order valence-corrected chi connectivity index (χ3v) is 3.47. The van der Waals surface area contributed by atoms with Crippen LogP contribution in [0.15, 0.2) is 47.1 Å². The molecule has 0 atom stereocenters. The van der Waals surface area contributed by atoms with E-state index in [2.05, 4.69) is 67.5 Å². The van der Waals surface area contributed by atoms with Crippen molar-refractivity contribution >= 4 is 0 Å². The monoisotopic (exact) mass is 286 g/mol. The van der Waals surface area contributed by atoms with Gasteiger partial charge in [0.1, 0.15) is 5.76 Å². The van der Waals surface area contributed by atoms with Crippen molar-refractivity contribution in [1.29, 1.82) is 0 Å². The van der Waals surface area contributed by atoms with Crippen molar-refractivity contribution in [1.82, 2.24) is 10.2 Å². The SMILES string of the molecule is CC(C)NCc1coc(CN(C)CCc2ccccc2)c1. The first kappa shape index (κ1) is 15.8. The molecule has 2 aromatic rings. The standard InChI is InChI=1S/C18H26N2O/c1-15(2)19-12-17-11-18(21-14-17)13-20(3)10-9-16-7-5-4-6-8-16/h4-8,11,14-15,19H,9-10,12-13H2,1-3H3. The molecule has 0 spiro atoms. The molecule has 2 rings (SSSR count). The van der Waals surface area contributed by atoms with E-state index >= 15 is 0 Å². The predicted molar refractivity (Wildman–Crippen MR) is 87.2 cm³/mol. The van der Waals surface area contributed by atoms with E-state index in [1.807, 2.05) is 6.26 Å². The van der Waals surface area contributed by atoms with Crippen molar-refractivity contribution < 1.29 is 4.42 Å². The molecule has 0 aliphatic carbocycles. The van der Waals surface area contributed by atoms with Crippen LogP contribution in [0.2, 0.25) is 0 Å². The van der Waals surface area contributed by atoms with Crippen LogP contribution in [0.25, 0.3) is 0 Å². The third-order valence-electron chi connectivity index (χ3n) is 3.47. The summed E-state index contributed by atoms with van der Waals surface area (Å²) < 4.78 is 5.64. The Kier molecular flexibility index (Phi) is 6.03. The largest absolute Gasteiger partial charge is 0.468 e. The van der Waals surface area contributed by atoms with Crippen LogP contribution in [-0.4, -0.2) is 24.5 Å². The highest BCUT2D eigenvalue weighted by Crippen LogP contribution is 2.11. The van der Waals surface area contributed by atoms with Crippen LogP contribution in [0.5, 0.6) is 0 Å². The molecule has 1 heterocycles. The van der Waals surface area contributed by atoms with Crippen LogP contribution >= 0.6 is 0 Å². The third kappa shape index (κ3) is 5.74. The Morgan fingerprint density at radius 3 is 2.62 bits per heavy atom. The summed E-state index contributed by atoms with van der Waals surface area (Å²) in [6.45, 7) is 7.06. The molecule has 1 aromatic heterocycles. The summed E-state index contributed by atoms with van der Waals surface area (Å²) in [6.07, 6.45) is 2.93. The highest BCUT2D eigenvalue weighted by atomic mass is 16.3. The first-order valence-electron chi connectivity index (χ1n) is 7.65. The van der Waals surface area contributed by atoms with Crippen molar-refractivity contribution in [3.8, 4) is 0 Å². The van der Waals surface area contributed by atoms with E-state index < -0.39 is 0 Å². The first-order valence-corrected chi connectivity index (χ1v) is 7.65. The summed E-state index contributed by atoms with van der Waals surface area (Å²) in [5.41, 5.74) is 2.60. The molecule has 0 aliphatic heterocycles. The summed E-state index contributed by atoms with van der Waals surface area (Å²) in [7, 11) is 2.14. The average Bonchev–Trinajstić information content (AvgIpc) is 2.91. The van der Waals surface area contributed by atoms with Crippen LogP contribution in [-0.2, 0) is 19.5 Å². The lowest BCUT2D eigenvalue weighted by Gasteiger charge is -2.14. The Bertz CT molecular complexity index is 519. The average molecular weight is 286 g/mol. The number of furan rings is 1. The highest BCUT2D eigenvalue weighted by molar-refractivity contribution is 5.15. The topological polar surface area (TPSA) is 28.4 Å². The lowest BCUT2D eigenvalue weighted by Crippen LogP contribution is -2.21.